The number of nitriles is 1. The molecule has 19 heavy (non-hydrogen) atoms. The molecule has 0 aliphatic rings. The quantitative estimate of drug-likeness (QED) is 0.837. The first kappa shape index (κ1) is 13.4. The molecule has 1 aromatic carbocycles. The lowest BCUT2D eigenvalue weighted by Gasteiger charge is -2.21. The summed E-state index contributed by atoms with van der Waals surface area (Å²) in [5.41, 5.74) is 2.89. The molecule has 1 heterocycles. The number of pyridine rings is 1. The second-order valence-corrected chi connectivity index (χ2v) is 4.52. The van der Waals surface area contributed by atoms with E-state index in [4.69, 9.17) is 0 Å². The Balaban J connectivity index is 2.63. The summed E-state index contributed by atoms with van der Waals surface area (Å²) in [5, 5.41) is 10.4. The summed E-state index contributed by atoms with van der Waals surface area (Å²) in [5.74, 6) is 0.796. The van der Waals surface area contributed by atoms with Gasteiger partial charge in [0.25, 0.3) is 0 Å². The molecule has 0 radical (unpaired) electrons. The Labute approximate surface area is 114 Å². The zero-order valence-electron chi connectivity index (χ0n) is 11.8. The maximum absolute atomic E-state index is 9.33. The third-order valence-electron chi connectivity index (χ3n) is 3.45. The predicted molar refractivity (Wildman–Crippen MR) is 79.4 cm³/mol. The van der Waals surface area contributed by atoms with Crippen molar-refractivity contribution < 1.29 is 0 Å². The van der Waals surface area contributed by atoms with Crippen LogP contribution in [0.3, 0.4) is 0 Å². The van der Waals surface area contributed by atoms with E-state index in [2.05, 4.69) is 48.9 Å². The molecule has 2 rings (SSSR count). The van der Waals surface area contributed by atoms with Gasteiger partial charge in [-0.15, -0.1) is 0 Å². The van der Waals surface area contributed by atoms with Gasteiger partial charge in [-0.3, -0.25) is 0 Å². The van der Waals surface area contributed by atoms with Crippen LogP contribution < -0.4 is 4.90 Å². The summed E-state index contributed by atoms with van der Waals surface area (Å²) < 4.78 is 0. The number of hydrogen-bond donors (Lipinski definition) is 0. The van der Waals surface area contributed by atoms with Crippen LogP contribution >= 0.6 is 0 Å². The van der Waals surface area contributed by atoms with E-state index in [9.17, 15) is 5.26 Å². The van der Waals surface area contributed by atoms with Crippen LogP contribution in [0, 0.1) is 11.3 Å². The number of benzene rings is 1. The second kappa shape index (κ2) is 5.71. The fraction of sp³-hybridized carbons (Fsp3) is 0.375. The van der Waals surface area contributed by atoms with Gasteiger partial charge >= 0.3 is 0 Å². The van der Waals surface area contributed by atoms with Crippen molar-refractivity contribution in [3.63, 3.8) is 0 Å². The maximum atomic E-state index is 9.33. The minimum absolute atomic E-state index is 0.657. The highest BCUT2D eigenvalue weighted by Crippen LogP contribution is 2.24. The number of fused-ring (bicyclic) bond motifs is 1. The maximum Gasteiger partial charge on any atom is 0.147 e. The van der Waals surface area contributed by atoms with Crippen molar-refractivity contribution in [2.24, 2.45) is 0 Å². The van der Waals surface area contributed by atoms with Crippen molar-refractivity contribution in [1.82, 2.24) is 4.98 Å². The summed E-state index contributed by atoms with van der Waals surface area (Å²) in [6, 6.07) is 10.5. The van der Waals surface area contributed by atoms with E-state index in [0.717, 1.165) is 36.2 Å². The Morgan fingerprint density at radius 3 is 2.47 bits per heavy atom. The van der Waals surface area contributed by atoms with Crippen molar-refractivity contribution in [3.8, 4) is 6.07 Å². The van der Waals surface area contributed by atoms with Gasteiger partial charge in [0.2, 0.25) is 0 Å². The minimum Gasteiger partial charge on any atom is -0.356 e. The van der Waals surface area contributed by atoms with E-state index in [-0.39, 0.29) is 0 Å². The topological polar surface area (TPSA) is 39.9 Å². The van der Waals surface area contributed by atoms with Crippen LogP contribution in [0.2, 0.25) is 0 Å². The molecule has 0 fully saturated rings. The molecule has 0 saturated carbocycles. The molecule has 0 atom stereocenters. The van der Waals surface area contributed by atoms with Crippen LogP contribution in [0.25, 0.3) is 10.9 Å². The van der Waals surface area contributed by atoms with Gasteiger partial charge in [0.1, 0.15) is 11.9 Å². The van der Waals surface area contributed by atoms with Crippen molar-refractivity contribution in [3.05, 3.63) is 35.4 Å². The number of nitrogens with zero attached hydrogens (tertiary/aromatic N) is 3. The van der Waals surface area contributed by atoms with Crippen molar-refractivity contribution in [2.45, 2.75) is 27.2 Å². The van der Waals surface area contributed by atoms with Gasteiger partial charge in [-0.25, -0.2) is 4.98 Å². The van der Waals surface area contributed by atoms with Gasteiger partial charge in [-0.1, -0.05) is 13.0 Å². The normalized spacial score (nSPS) is 10.4. The zero-order valence-corrected chi connectivity index (χ0v) is 11.8. The molecular formula is C16H19N3. The average molecular weight is 253 g/mol. The molecule has 1 aromatic heterocycles. The SMILES string of the molecule is CCc1ccc2nc(N(CC)CC)c(C#N)cc2c1. The minimum atomic E-state index is 0.657. The molecule has 3 nitrogen and oxygen atoms in total. The fourth-order valence-corrected chi connectivity index (χ4v) is 2.28. The van der Waals surface area contributed by atoms with Crippen LogP contribution in [-0.2, 0) is 6.42 Å². The number of aryl methyl sites for hydroxylation is 1. The van der Waals surface area contributed by atoms with E-state index in [1.54, 1.807) is 0 Å². The van der Waals surface area contributed by atoms with Crippen LogP contribution in [0.1, 0.15) is 31.9 Å². The molecule has 0 unspecified atom stereocenters. The lowest BCUT2D eigenvalue weighted by atomic mass is 10.1. The van der Waals surface area contributed by atoms with E-state index in [0.29, 0.717) is 5.56 Å². The molecule has 0 aliphatic heterocycles. The third-order valence-corrected chi connectivity index (χ3v) is 3.45. The average Bonchev–Trinajstić information content (AvgIpc) is 2.47. The van der Waals surface area contributed by atoms with Gasteiger partial charge in [0.15, 0.2) is 0 Å². The van der Waals surface area contributed by atoms with Crippen molar-refractivity contribution in [2.75, 3.05) is 18.0 Å². The highest BCUT2D eigenvalue weighted by Gasteiger charge is 2.11. The van der Waals surface area contributed by atoms with Crippen molar-refractivity contribution in [1.29, 1.82) is 5.26 Å². The smallest absolute Gasteiger partial charge is 0.147 e. The van der Waals surface area contributed by atoms with Crippen LogP contribution in [0.4, 0.5) is 5.82 Å². The molecule has 98 valence electrons. The Bertz CT molecular complexity index is 622. The van der Waals surface area contributed by atoms with Crippen LogP contribution in [-0.4, -0.2) is 18.1 Å². The first-order valence-electron chi connectivity index (χ1n) is 6.82. The number of hydrogen-bond acceptors (Lipinski definition) is 3. The van der Waals surface area contributed by atoms with E-state index >= 15 is 0 Å². The Morgan fingerprint density at radius 2 is 1.89 bits per heavy atom. The van der Waals surface area contributed by atoms with Crippen molar-refractivity contribution >= 4 is 16.7 Å². The number of anilines is 1. The third kappa shape index (κ3) is 2.53. The Morgan fingerprint density at radius 1 is 1.16 bits per heavy atom. The molecule has 0 saturated heterocycles. The highest BCUT2D eigenvalue weighted by atomic mass is 15.2. The van der Waals surface area contributed by atoms with Gasteiger partial charge in [-0.2, -0.15) is 5.26 Å². The zero-order chi connectivity index (χ0) is 13.8. The number of aromatic nitrogens is 1. The summed E-state index contributed by atoms with van der Waals surface area (Å²) in [6.45, 7) is 8.00. The monoisotopic (exact) mass is 253 g/mol. The molecule has 2 aromatic rings. The first-order valence-corrected chi connectivity index (χ1v) is 6.82. The molecule has 0 aliphatic carbocycles. The standard InChI is InChI=1S/C16H19N3/c1-4-12-7-8-15-13(9-12)10-14(11-17)16(18-15)19(5-2)6-3/h7-10H,4-6H2,1-3H3. The van der Waals surface area contributed by atoms with Gasteiger partial charge in [-0.05, 0) is 44.0 Å². The molecule has 0 amide bonds. The van der Waals surface area contributed by atoms with Gasteiger partial charge in [0.05, 0.1) is 11.1 Å². The lowest BCUT2D eigenvalue weighted by Crippen LogP contribution is -2.24. The van der Waals surface area contributed by atoms with E-state index in [1.165, 1.54) is 5.56 Å². The second-order valence-electron chi connectivity index (χ2n) is 4.52. The van der Waals surface area contributed by atoms with E-state index in [1.807, 2.05) is 12.1 Å². The van der Waals surface area contributed by atoms with Gasteiger partial charge < -0.3 is 4.90 Å². The fourth-order valence-electron chi connectivity index (χ4n) is 2.28. The molecule has 3 heteroatoms. The Hall–Kier alpha value is -2.08. The largest absolute Gasteiger partial charge is 0.356 e. The van der Waals surface area contributed by atoms with E-state index < -0.39 is 0 Å². The molecular weight excluding hydrogens is 234 g/mol. The number of rotatable bonds is 4. The lowest BCUT2D eigenvalue weighted by molar-refractivity contribution is 0.847. The molecule has 0 spiro atoms. The highest BCUT2D eigenvalue weighted by molar-refractivity contribution is 5.83. The molecule has 0 bridgehead atoms. The van der Waals surface area contributed by atoms with Crippen LogP contribution in [0.15, 0.2) is 24.3 Å². The summed E-state index contributed by atoms with van der Waals surface area (Å²) in [7, 11) is 0. The summed E-state index contributed by atoms with van der Waals surface area (Å²) in [6.07, 6.45) is 0.996. The van der Waals surface area contributed by atoms with Gasteiger partial charge in [0, 0.05) is 18.5 Å². The molecule has 0 N–H and O–H groups in total. The summed E-state index contributed by atoms with van der Waals surface area (Å²) in [4.78, 5) is 6.78. The summed E-state index contributed by atoms with van der Waals surface area (Å²) >= 11 is 0. The first-order chi connectivity index (χ1) is 9.23. The predicted octanol–water partition coefficient (Wildman–Crippen LogP) is 3.52. The Kier molecular flexibility index (Phi) is 4.01. The van der Waals surface area contributed by atoms with Crippen LogP contribution in [0.5, 0.6) is 0 Å².